The Kier molecular flexibility index (Phi) is 3.92. The molecular weight excluding hydrogens is 284 g/mol. The number of nitrogens with one attached hydrogen (secondary N) is 1. The van der Waals surface area contributed by atoms with Crippen molar-refractivity contribution in [3.8, 4) is 5.75 Å². The summed E-state index contributed by atoms with van der Waals surface area (Å²) in [6, 6.07) is 7.28. The number of carbonyl (C=O) groups is 1. The third kappa shape index (κ3) is 3.42. The number of aromatic nitrogens is 1. The molecule has 0 saturated heterocycles. The number of para-hydroxylation sites is 1. The fraction of sp³-hybridized carbons (Fsp3) is 0.375. The van der Waals surface area contributed by atoms with Gasteiger partial charge in [0.25, 0.3) is 5.91 Å². The van der Waals surface area contributed by atoms with Crippen LogP contribution in [0.4, 0.5) is 5.13 Å². The van der Waals surface area contributed by atoms with Gasteiger partial charge in [-0.15, -0.1) is 11.3 Å². The summed E-state index contributed by atoms with van der Waals surface area (Å²) in [6.07, 6.45) is 4.37. The Morgan fingerprint density at radius 3 is 2.86 bits per heavy atom. The van der Waals surface area contributed by atoms with E-state index in [4.69, 9.17) is 4.74 Å². The van der Waals surface area contributed by atoms with Gasteiger partial charge in [-0.1, -0.05) is 12.1 Å². The first-order chi connectivity index (χ1) is 10.1. The van der Waals surface area contributed by atoms with E-state index in [0.29, 0.717) is 22.4 Å². The van der Waals surface area contributed by atoms with E-state index in [1.807, 2.05) is 38.2 Å². The standard InChI is InChI=1S/C16H18N2O2S/c1-10(2)20-13-6-4-3-5-12(13)15(19)18-16-17-9-14(21-16)11-7-8-11/h3-6,9-11H,7-8H2,1-2H3,(H,17,18,19). The monoisotopic (exact) mass is 302 g/mol. The van der Waals surface area contributed by atoms with Crippen LogP contribution in [-0.2, 0) is 0 Å². The first kappa shape index (κ1) is 14.1. The highest BCUT2D eigenvalue weighted by Crippen LogP contribution is 2.43. The minimum absolute atomic E-state index is 0.0280. The maximum atomic E-state index is 12.4. The molecule has 1 aromatic heterocycles. The maximum absolute atomic E-state index is 12.4. The van der Waals surface area contributed by atoms with Gasteiger partial charge in [0.2, 0.25) is 0 Å². The van der Waals surface area contributed by atoms with Crippen LogP contribution >= 0.6 is 11.3 Å². The molecule has 4 nitrogen and oxygen atoms in total. The number of ether oxygens (including phenoxy) is 1. The van der Waals surface area contributed by atoms with Crippen molar-refractivity contribution in [2.45, 2.75) is 38.7 Å². The van der Waals surface area contributed by atoms with E-state index >= 15 is 0 Å². The van der Waals surface area contributed by atoms with Gasteiger partial charge in [0.05, 0.1) is 11.7 Å². The fourth-order valence-electron chi connectivity index (χ4n) is 2.08. The molecule has 1 N–H and O–H groups in total. The number of hydrogen-bond acceptors (Lipinski definition) is 4. The highest BCUT2D eigenvalue weighted by Gasteiger charge is 2.26. The van der Waals surface area contributed by atoms with Crippen LogP contribution in [-0.4, -0.2) is 17.0 Å². The molecule has 5 heteroatoms. The van der Waals surface area contributed by atoms with Gasteiger partial charge in [-0.25, -0.2) is 4.98 Å². The van der Waals surface area contributed by atoms with E-state index < -0.39 is 0 Å². The van der Waals surface area contributed by atoms with E-state index in [9.17, 15) is 4.79 Å². The van der Waals surface area contributed by atoms with Gasteiger partial charge < -0.3 is 4.74 Å². The molecule has 1 fully saturated rings. The minimum atomic E-state index is -0.178. The van der Waals surface area contributed by atoms with Crippen LogP contribution in [0.5, 0.6) is 5.75 Å². The summed E-state index contributed by atoms with van der Waals surface area (Å²) < 4.78 is 5.68. The molecule has 1 aliphatic carbocycles. The van der Waals surface area contributed by atoms with Gasteiger partial charge in [-0.05, 0) is 44.7 Å². The van der Waals surface area contributed by atoms with Gasteiger partial charge in [0.1, 0.15) is 5.75 Å². The van der Waals surface area contributed by atoms with Gasteiger partial charge in [0, 0.05) is 11.1 Å². The largest absolute Gasteiger partial charge is 0.490 e. The summed E-state index contributed by atoms with van der Waals surface area (Å²) in [6.45, 7) is 3.88. The first-order valence-corrected chi connectivity index (χ1v) is 7.98. The lowest BCUT2D eigenvalue weighted by atomic mass is 10.2. The molecule has 21 heavy (non-hydrogen) atoms. The third-order valence-corrected chi connectivity index (χ3v) is 4.29. The molecule has 1 amide bonds. The van der Waals surface area contributed by atoms with E-state index in [0.717, 1.165) is 0 Å². The summed E-state index contributed by atoms with van der Waals surface area (Å²) in [5.74, 6) is 1.08. The fourth-order valence-corrected chi connectivity index (χ4v) is 3.06. The number of carbonyl (C=O) groups excluding carboxylic acids is 1. The maximum Gasteiger partial charge on any atom is 0.261 e. The normalized spacial score (nSPS) is 14.2. The summed E-state index contributed by atoms with van der Waals surface area (Å²) in [5.41, 5.74) is 0.536. The second-order valence-electron chi connectivity index (χ2n) is 5.46. The molecule has 0 unspecified atom stereocenters. The Bertz CT molecular complexity index is 647. The second-order valence-corrected chi connectivity index (χ2v) is 6.52. The second kappa shape index (κ2) is 5.85. The summed E-state index contributed by atoms with van der Waals surface area (Å²) in [5, 5.41) is 3.52. The molecule has 3 rings (SSSR count). The molecule has 1 aromatic carbocycles. The summed E-state index contributed by atoms with van der Waals surface area (Å²) in [4.78, 5) is 17.9. The minimum Gasteiger partial charge on any atom is -0.490 e. The Morgan fingerprint density at radius 2 is 2.14 bits per heavy atom. The lowest BCUT2D eigenvalue weighted by Crippen LogP contribution is -2.15. The Labute approximate surface area is 128 Å². The van der Waals surface area contributed by atoms with Gasteiger partial charge >= 0.3 is 0 Å². The number of anilines is 1. The average Bonchev–Trinajstić information content (AvgIpc) is 3.19. The van der Waals surface area contributed by atoms with Crippen molar-refractivity contribution in [1.29, 1.82) is 0 Å². The predicted octanol–water partition coefficient (Wildman–Crippen LogP) is 4.06. The first-order valence-electron chi connectivity index (χ1n) is 7.16. The molecule has 1 saturated carbocycles. The topological polar surface area (TPSA) is 51.2 Å². The number of hydrogen-bond donors (Lipinski definition) is 1. The molecule has 0 atom stereocenters. The van der Waals surface area contributed by atoms with Crippen molar-refractivity contribution >= 4 is 22.4 Å². The molecule has 0 radical (unpaired) electrons. The van der Waals surface area contributed by atoms with Crippen LogP contribution in [0.25, 0.3) is 0 Å². The molecule has 0 aliphatic heterocycles. The average molecular weight is 302 g/mol. The van der Waals surface area contributed by atoms with E-state index in [2.05, 4.69) is 10.3 Å². The third-order valence-electron chi connectivity index (χ3n) is 3.22. The molecule has 2 aromatic rings. The molecule has 110 valence electrons. The van der Waals surface area contributed by atoms with Gasteiger partial charge in [-0.3, -0.25) is 10.1 Å². The van der Waals surface area contributed by atoms with Crippen molar-refractivity contribution < 1.29 is 9.53 Å². The van der Waals surface area contributed by atoms with Crippen molar-refractivity contribution in [3.05, 3.63) is 40.9 Å². The number of nitrogens with zero attached hydrogens (tertiary/aromatic N) is 1. The van der Waals surface area contributed by atoms with Crippen molar-refractivity contribution in [1.82, 2.24) is 4.98 Å². The molecule has 0 spiro atoms. The highest BCUT2D eigenvalue weighted by atomic mass is 32.1. The van der Waals surface area contributed by atoms with Crippen LogP contribution in [0, 0.1) is 0 Å². The quantitative estimate of drug-likeness (QED) is 0.906. The van der Waals surface area contributed by atoms with Gasteiger partial charge in [-0.2, -0.15) is 0 Å². The number of thiazole rings is 1. The molecule has 1 heterocycles. The lowest BCUT2D eigenvalue weighted by molar-refractivity contribution is 0.102. The number of amides is 1. The van der Waals surface area contributed by atoms with Crippen molar-refractivity contribution in [2.75, 3.05) is 5.32 Å². The number of benzene rings is 1. The molecule has 1 aliphatic rings. The number of rotatable bonds is 5. The Hall–Kier alpha value is -1.88. The zero-order valence-electron chi connectivity index (χ0n) is 12.1. The zero-order valence-corrected chi connectivity index (χ0v) is 12.9. The van der Waals surface area contributed by atoms with Gasteiger partial charge in [0.15, 0.2) is 5.13 Å². The summed E-state index contributed by atoms with van der Waals surface area (Å²) in [7, 11) is 0. The SMILES string of the molecule is CC(C)Oc1ccccc1C(=O)Nc1ncc(C2CC2)s1. The van der Waals surface area contributed by atoms with Crippen LogP contribution in [0.1, 0.15) is 47.8 Å². The van der Waals surface area contributed by atoms with E-state index in [-0.39, 0.29) is 12.0 Å². The van der Waals surface area contributed by atoms with Crippen LogP contribution in [0.3, 0.4) is 0 Å². The molecule has 0 bridgehead atoms. The van der Waals surface area contributed by atoms with Crippen LogP contribution in [0.2, 0.25) is 0 Å². The Balaban J connectivity index is 1.74. The predicted molar refractivity (Wildman–Crippen MR) is 84.2 cm³/mol. The lowest BCUT2D eigenvalue weighted by Gasteiger charge is -2.13. The zero-order chi connectivity index (χ0) is 14.8. The van der Waals surface area contributed by atoms with Crippen LogP contribution in [0.15, 0.2) is 30.5 Å². The highest BCUT2D eigenvalue weighted by molar-refractivity contribution is 7.15. The van der Waals surface area contributed by atoms with E-state index in [1.54, 1.807) is 17.4 Å². The van der Waals surface area contributed by atoms with E-state index in [1.165, 1.54) is 17.7 Å². The smallest absolute Gasteiger partial charge is 0.261 e. The Morgan fingerprint density at radius 1 is 1.38 bits per heavy atom. The van der Waals surface area contributed by atoms with Crippen molar-refractivity contribution in [3.63, 3.8) is 0 Å². The molecular formula is C16H18N2O2S. The summed E-state index contributed by atoms with van der Waals surface area (Å²) >= 11 is 1.56. The van der Waals surface area contributed by atoms with Crippen molar-refractivity contribution in [2.24, 2.45) is 0 Å². The van der Waals surface area contributed by atoms with Crippen LogP contribution < -0.4 is 10.1 Å².